The molecule has 114 valence electrons. The van der Waals surface area contributed by atoms with Gasteiger partial charge in [-0.05, 0) is 29.9 Å². The van der Waals surface area contributed by atoms with Gasteiger partial charge in [0, 0.05) is 10.2 Å². The van der Waals surface area contributed by atoms with Gasteiger partial charge in [0.05, 0.1) is 10.4 Å². The fraction of sp³-hybridized carbons (Fsp3) is 0.588. The fourth-order valence-corrected chi connectivity index (χ4v) is 7.99. The number of benzene rings is 1. The number of rotatable bonds is 2. The quantitative estimate of drug-likeness (QED) is 0.512. The maximum absolute atomic E-state index is 12.4. The molecular weight excluding hydrogens is 396 g/mol. The highest BCUT2D eigenvalue weighted by molar-refractivity contribution is 9.10. The first-order valence-corrected chi connectivity index (χ1v) is 9.16. The van der Waals surface area contributed by atoms with E-state index in [0.717, 1.165) is 6.42 Å². The van der Waals surface area contributed by atoms with Gasteiger partial charge in [0.25, 0.3) is 0 Å². The zero-order valence-corrected chi connectivity index (χ0v) is 15.6. The molecule has 3 rings (SSSR count). The van der Waals surface area contributed by atoms with E-state index in [2.05, 4.69) is 52.6 Å². The normalized spacial score (nSPS) is 40.2. The van der Waals surface area contributed by atoms with Gasteiger partial charge in [0.2, 0.25) is 0 Å². The first kappa shape index (κ1) is 15.5. The zero-order chi connectivity index (χ0) is 15.4. The molecule has 21 heavy (non-hydrogen) atoms. The minimum absolute atomic E-state index is 0.00948. The van der Waals surface area contributed by atoms with Crippen LogP contribution in [-0.2, 0) is 4.74 Å². The predicted molar refractivity (Wildman–Crippen MR) is 91.1 cm³/mol. The average molecular weight is 416 g/mol. The topological polar surface area (TPSA) is 26.3 Å². The number of hydrogen-bond acceptors (Lipinski definition) is 2. The first-order chi connectivity index (χ1) is 9.79. The second kappa shape index (κ2) is 5.09. The van der Waals surface area contributed by atoms with Crippen molar-refractivity contribution in [3.05, 3.63) is 35.9 Å². The van der Waals surface area contributed by atoms with Crippen LogP contribution < -0.4 is 0 Å². The first-order valence-electron chi connectivity index (χ1n) is 7.33. The monoisotopic (exact) mass is 414 g/mol. The summed E-state index contributed by atoms with van der Waals surface area (Å²) in [6.07, 6.45) is 0.957. The van der Waals surface area contributed by atoms with Crippen molar-refractivity contribution < 1.29 is 9.53 Å². The van der Waals surface area contributed by atoms with Crippen molar-refractivity contribution in [2.45, 2.75) is 43.0 Å². The molecule has 2 saturated carbocycles. The molecular formula is C17H20Br2O2. The van der Waals surface area contributed by atoms with E-state index in [0.29, 0.717) is 16.3 Å². The maximum Gasteiger partial charge on any atom is 0.338 e. The van der Waals surface area contributed by atoms with Gasteiger partial charge in [0.15, 0.2) is 0 Å². The molecule has 2 aliphatic carbocycles. The SMILES string of the molecule is CC1(C)[C@@H]2C(Br)C[C@]1(C)[C@@H](OC(=O)c1ccccc1)C2Br. The minimum Gasteiger partial charge on any atom is -0.457 e. The van der Waals surface area contributed by atoms with E-state index in [9.17, 15) is 4.79 Å². The molecule has 2 fully saturated rings. The van der Waals surface area contributed by atoms with Crippen molar-refractivity contribution in [2.24, 2.45) is 16.7 Å². The highest BCUT2D eigenvalue weighted by atomic mass is 79.9. The largest absolute Gasteiger partial charge is 0.457 e. The highest BCUT2D eigenvalue weighted by Crippen LogP contribution is 2.69. The third-order valence-electron chi connectivity index (χ3n) is 5.82. The average Bonchev–Trinajstić information content (AvgIpc) is 2.69. The molecule has 1 aromatic rings. The molecule has 2 nitrogen and oxygen atoms in total. The van der Waals surface area contributed by atoms with E-state index in [1.54, 1.807) is 12.1 Å². The van der Waals surface area contributed by atoms with Crippen molar-refractivity contribution in [3.8, 4) is 0 Å². The molecule has 1 aromatic carbocycles. The zero-order valence-electron chi connectivity index (χ0n) is 12.5. The Morgan fingerprint density at radius 1 is 1.19 bits per heavy atom. The van der Waals surface area contributed by atoms with Gasteiger partial charge in [-0.1, -0.05) is 70.8 Å². The molecule has 0 aliphatic heterocycles. The highest BCUT2D eigenvalue weighted by Gasteiger charge is 2.70. The number of fused-ring (bicyclic) bond motifs is 2. The van der Waals surface area contributed by atoms with Crippen LogP contribution in [0.1, 0.15) is 37.6 Å². The molecule has 2 unspecified atom stereocenters. The van der Waals surface area contributed by atoms with Crippen LogP contribution in [0.3, 0.4) is 0 Å². The summed E-state index contributed by atoms with van der Waals surface area (Å²) in [5, 5.41) is 0. The van der Waals surface area contributed by atoms with Crippen molar-refractivity contribution in [3.63, 3.8) is 0 Å². The van der Waals surface area contributed by atoms with Gasteiger partial charge in [-0.15, -0.1) is 0 Å². The van der Waals surface area contributed by atoms with E-state index >= 15 is 0 Å². The standard InChI is InChI=1S/C17H20Br2O2/c1-16(2)12-11(18)9-17(16,3)14(13(12)19)21-15(20)10-7-5-4-6-8-10/h4-8,11-14H,9H2,1-3H3/t11?,12-,13?,14+,17-/m1/s1. The molecule has 0 amide bonds. The smallest absolute Gasteiger partial charge is 0.338 e. The summed E-state index contributed by atoms with van der Waals surface area (Å²) in [5.41, 5.74) is 0.748. The molecule has 4 heteroatoms. The maximum atomic E-state index is 12.4. The molecule has 0 N–H and O–H groups in total. The van der Waals surface area contributed by atoms with Crippen LogP contribution in [0.25, 0.3) is 0 Å². The van der Waals surface area contributed by atoms with Gasteiger partial charge in [-0.3, -0.25) is 0 Å². The lowest BCUT2D eigenvalue weighted by Gasteiger charge is -2.39. The Kier molecular flexibility index (Phi) is 3.77. The summed E-state index contributed by atoms with van der Waals surface area (Å²) in [7, 11) is 0. The molecule has 0 heterocycles. The summed E-state index contributed by atoms with van der Waals surface area (Å²) in [5.74, 6) is 0.247. The number of alkyl halides is 2. The third kappa shape index (κ3) is 2.13. The van der Waals surface area contributed by atoms with Crippen molar-refractivity contribution in [1.82, 2.24) is 0 Å². The van der Waals surface area contributed by atoms with Crippen LogP contribution in [0.15, 0.2) is 30.3 Å². The summed E-state index contributed by atoms with van der Waals surface area (Å²) in [4.78, 5) is 13.1. The van der Waals surface area contributed by atoms with Crippen LogP contribution in [0.2, 0.25) is 0 Å². The van der Waals surface area contributed by atoms with Gasteiger partial charge in [0.1, 0.15) is 6.10 Å². The number of halogens is 2. The molecule has 0 aromatic heterocycles. The minimum atomic E-state index is -0.222. The van der Waals surface area contributed by atoms with E-state index in [1.807, 2.05) is 18.2 Å². The van der Waals surface area contributed by atoms with Gasteiger partial charge < -0.3 is 4.74 Å². The van der Waals surface area contributed by atoms with E-state index in [-0.39, 0.29) is 27.7 Å². The fourth-order valence-electron chi connectivity index (χ4n) is 4.20. The Morgan fingerprint density at radius 2 is 1.81 bits per heavy atom. The molecule has 0 saturated heterocycles. The van der Waals surface area contributed by atoms with Crippen LogP contribution in [0.5, 0.6) is 0 Å². The third-order valence-corrected chi connectivity index (χ3v) is 7.76. The molecule has 5 atom stereocenters. The number of ether oxygens (including phenoxy) is 1. The van der Waals surface area contributed by atoms with Crippen LogP contribution >= 0.6 is 31.9 Å². The Labute approximate surface area is 142 Å². The lowest BCUT2D eigenvalue weighted by Crippen LogP contribution is -2.43. The summed E-state index contributed by atoms with van der Waals surface area (Å²) in [6, 6.07) is 9.24. The Hall–Kier alpha value is -0.350. The second-order valence-corrected chi connectivity index (χ2v) is 9.25. The number of esters is 1. The summed E-state index contributed by atoms with van der Waals surface area (Å²) in [6.45, 7) is 6.85. The van der Waals surface area contributed by atoms with Gasteiger partial charge in [-0.2, -0.15) is 0 Å². The lowest BCUT2D eigenvalue weighted by atomic mass is 9.70. The summed E-state index contributed by atoms with van der Waals surface area (Å²) < 4.78 is 5.92. The van der Waals surface area contributed by atoms with Crippen LogP contribution in [-0.4, -0.2) is 21.7 Å². The van der Waals surface area contributed by atoms with Crippen molar-refractivity contribution >= 4 is 37.8 Å². The van der Waals surface area contributed by atoms with Crippen LogP contribution in [0, 0.1) is 16.7 Å². The number of carbonyl (C=O) groups is 1. The Morgan fingerprint density at radius 3 is 2.33 bits per heavy atom. The van der Waals surface area contributed by atoms with Crippen LogP contribution in [0.4, 0.5) is 0 Å². The van der Waals surface area contributed by atoms with Gasteiger partial charge >= 0.3 is 5.97 Å². The Bertz CT molecular complexity index is 557. The molecule has 2 bridgehead atoms. The van der Waals surface area contributed by atoms with E-state index in [4.69, 9.17) is 4.74 Å². The molecule has 2 aliphatic rings. The summed E-state index contributed by atoms with van der Waals surface area (Å²) >= 11 is 7.62. The van der Waals surface area contributed by atoms with Gasteiger partial charge in [-0.25, -0.2) is 4.79 Å². The van der Waals surface area contributed by atoms with Crippen molar-refractivity contribution in [1.29, 1.82) is 0 Å². The number of carbonyl (C=O) groups excluding carboxylic acids is 1. The Balaban J connectivity index is 1.86. The molecule has 0 radical (unpaired) electrons. The predicted octanol–water partition coefficient (Wildman–Crippen LogP) is 4.81. The molecule has 0 spiro atoms. The van der Waals surface area contributed by atoms with Crippen molar-refractivity contribution in [2.75, 3.05) is 0 Å². The number of hydrogen-bond donors (Lipinski definition) is 0. The second-order valence-electron chi connectivity index (χ2n) is 7.02. The lowest BCUT2D eigenvalue weighted by molar-refractivity contribution is -0.0217. The van der Waals surface area contributed by atoms with E-state index < -0.39 is 0 Å². The van der Waals surface area contributed by atoms with E-state index in [1.165, 1.54) is 0 Å².